The van der Waals surface area contributed by atoms with Gasteiger partial charge in [-0.05, 0) is 42.4 Å². The first-order chi connectivity index (χ1) is 14.1. The Labute approximate surface area is 173 Å². The Morgan fingerprint density at radius 3 is 1.41 bits per heavy atom. The van der Waals surface area contributed by atoms with Crippen LogP contribution in [0.15, 0.2) is 78.9 Å². The van der Waals surface area contributed by atoms with Gasteiger partial charge in [-0.2, -0.15) is 0 Å². The average molecular weight is 396 g/mol. The highest BCUT2D eigenvalue weighted by Gasteiger charge is 2.28. The lowest BCUT2D eigenvalue weighted by Gasteiger charge is -2.23. The molecule has 0 atom stereocenters. The average Bonchev–Trinajstić information content (AvgIpc) is 3.16. The van der Waals surface area contributed by atoms with Gasteiger partial charge in [0.1, 0.15) is 0 Å². The van der Waals surface area contributed by atoms with Crippen molar-refractivity contribution in [2.75, 3.05) is 0 Å². The first-order valence-electron chi connectivity index (χ1n) is 10.0. The van der Waals surface area contributed by atoms with Gasteiger partial charge in [0.15, 0.2) is 0 Å². The maximum absolute atomic E-state index is 2.42. The first kappa shape index (κ1) is 18.2. The van der Waals surface area contributed by atoms with Gasteiger partial charge in [-0.15, -0.1) is 0 Å². The summed E-state index contributed by atoms with van der Waals surface area (Å²) < 4.78 is 4.83. The Morgan fingerprint density at radius 1 is 0.552 bits per heavy atom. The van der Waals surface area contributed by atoms with Crippen LogP contribution in [0, 0.1) is 13.8 Å². The molecule has 0 bridgehead atoms. The van der Waals surface area contributed by atoms with E-state index in [1.54, 1.807) is 0 Å². The molecule has 0 fully saturated rings. The summed E-state index contributed by atoms with van der Waals surface area (Å²) in [6.45, 7) is 4.57. The van der Waals surface area contributed by atoms with Gasteiger partial charge in [0.2, 0.25) is 0 Å². The van der Waals surface area contributed by atoms with E-state index in [2.05, 4.69) is 116 Å². The molecule has 0 aliphatic rings. The molecule has 144 valence electrons. The highest BCUT2D eigenvalue weighted by atomic mass is 31.1. The number of hydrogen-bond donors (Lipinski definition) is 0. The molecule has 3 aromatic carbocycles. The van der Waals surface area contributed by atoms with Crippen LogP contribution in [-0.2, 0) is 14.1 Å². The second kappa shape index (κ2) is 6.90. The van der Waals surface area contributed by atoms with E-state index >= 15 is 0 Å². The van der Waals surface area contributed by atoms with Gasteiger partial charge in [0.05, 0.1) is 10.9 Å². The zero-order valence-corrected chi connectivity index (χ0v) is 18.2. The van der Waals surface area contributed by atoms with Crippen LogP contribution in [0.2, 0.25) is 0 Å². The highest BCUT2D eigenvalue weighted by molar-refractivity contribution is 7.79. The Morgan fingerprint density at radius 2 is 0.966 bits per heavy atom. The van der Waals surface area contributed by atoms with E-state index in [9.17, 15) is 0 Å². The summed E-state index contributed by atoms with van der Waals surface area (Å²) in [6.07, 6.45) is 0. The zero-order chi connectivity index (χ0) is 20.1. The number of hydrogen-bond acceptors (Lipinski definition) is 0. The molecule has 0 saturated carbocycles. The van der Waals surface area contributed by atoms with Gasteiger partial charge in [-0.25, -0.2) is 0 Å². The topological polar surface area (TPSA) is 9.86 Å². The molecule has 0 aliphatic carbocycles. The molecule has 0 aliphatic heterocycles. The summed E-state index contributed by atoms with van der Waals surface area (Å²) in [5.41, 5.74) is 8.26. The highest BCUT2D eigenvalue weighted by Crippen LogP contribution is 2.40. The van der Waals surface area contributed by atoms with E-state index < -0.39 is 7.92 Å². The Balaban J connectivity index is 1.89. The van der Waals surface area contributed by atoms with Crippen molar-refractivity contribution in [2.24, 2.45) is 14.1 Å². The molecule has 2 heterocycles. The number of benzene rings is 3. The molecule has 5 aromatic rings. The summed E-state index contributed by atoms with van der Waals surface area (Å²) in [5.74, 6) is 0. The molecular formula is C26H25N2P. The van der Waals surface area contributed by atoms with Crippen LogP contribution in [0.25, 0.3) is 21.8 Å². The van der Waals surface area contributed by atoms with Crippen LogP contribution in [0.5, 0.6) is 0 Å². The fraction of sp³-hybridized carbons (Fsp3) is 0.154. The van der Waals surface area contributed by atoms with Crippen molar-refractivity contribution in [3.8, 4) is 0 Å². The third kappa shape index (κ3) is 2.67. The van der Waals surface area contributed by atoms with Crippen LogP contribution < -0.4 is 16.2 Å². The van der Waals surface area contributed by atoms with Crippen LogP contribution >= 0.6 is 7.92 Å². The molecule has 3 heteroatoms. The van der Waals surface area contributed by atoms with Gasteiger partial charge in [-0.1, -0.05) is 66.7 Å². The Hall–Kier alpha value is -2.83. The van der Waals surface area contributed by atoms with Gasteiger partial charge < -0.3 is 9.13 Å². The minimum atomic E-state index is -0.697. The fourth-order valence-corrected chi connectivity index (χ4v) is 7.58. The molecule has 0 amide bonds. The molecule has 0 radical (unpaired) electrons. The van der Waals surface area contributed by atoms with Crippen molar-refractivity contribution in [3.63, 3.8) is 0 Å². The Kier molecular flexibility index (Phi) is 4.33. The van der Waals surface area contributed by atoms with E-state index in [0.29, 0.717) is 0 Å². The quantitative estimate of drug-likeness (QED) is 0.378. The number of aryl methyl sites for hydroxylation is 4. The molecule has 0 saturated heterocycles. The predicted molar refractivity (Wildman–Crippen MR) is 128 cm³/mol. The van der Waals surface area contributed by atoms with E-state index in [0.717, 1.165) is 0 Å². The monoisotopic (exact) mass is 396 g/mol. The van der Waals surface area contributed by atoms with E-state index in [-0.39, 0.29) is 0 Å². The van der Waals surface area contributed by atoms with Crippen molar-refractivity contribution in [1.82, 2.24) is 9.13 Å². The van der Waals surface area contributed by atoms with Gasteiger partial charge in [0, 0.05) is 43.8 Å². The van der Waals surface area contributed by atoms with Gasteiger partial charge in [0.25, 0.3) is 0 Å². The predicted octanol–water partition coefficient (Wildman–Crippen LogP) is 5.05. The largest absolute Gasteiger partial charge is 0.343 e. The standard InChI is InChI=1S/C26H25N2P/c1-18-21-14-8-10-16-23(21)27(3)25(18)29(20-12-6-5-7-13-20)26-19(2)22-15-9-11-17-24(22)28(26)4/h5-17H,1-4H3. The summed E-state index contributed by atoms with van der Waals surface area (Å²) in [5, 5.41) is 4.10. The molecular weight excluding hydrogens is 371 g/mol. The summed E-state index contributed by atoms with van der Waals surface area (Å²) in [6, 6.07) is 28.6. The maximum Gasteiger partial charge on any atom is 0.0555 e. The second-order valence-corrected chi connectivity index (χ2v) is 9.75. The van der Waals surface area contributed by atoms with Crippen molar-refractivity contribution >= 4 is 45.9 Å². The van der Waals surface area contributed by atoms with Gasteiger partial charge in [-0.3, -0.25) is 0 Å². The molecule has 0 unspecified atom stereocenters. The smallest absolute Gasteiger partial charge is 0.0555 e. The fourth-order valence-electron chi connectivity index (χ4n) is 4.70. The Bertz CT molecular complexity index is 1180. The normalized spacial score (nSPS) is 11.8. The third-order valence-electron chi connectivity index (χ3n) is 6.08. The first-order valence-corrected chi connectivity index (χ1v) is 11.4. The molecule has 2 aromatic heterocycles. The lowest BCUT2D eigenvalue weighted by Crippen LogP contribution is -2.30. The molecule has 0 spiro atoms. The number of para-hydroxylation sites is 2. The third-order valence-corrected chi connectivity index (χ3v) is 9.02. The number of nitrogens with zero attached hydrogens (tertiary/aromatic N) is 2. The van der Waals surface area contributed by atoms with E-state index in [1.165, 1.54) is 49.1 Å². The molecule has 5 rings (SSSR count). The molecule has 0 N–H and O–H groups in total. The zero-order valence-electron chi connectivity index (χ0n) is 17.3. The SMILES string of the molecule is Cc1c(P(c2ccccc2)c2c(C)c3ccccc3n2C)n(C)c2ccccc12. The maximum atomic E-state index is 2.42. The minimum absolute atomic E-state index is 0.697. The van der Waals surface area contributed by atoms with Crippen LogP contribution in [0.3, 0.4) is 0 Å². The van der Waals surface area contributed by atoms with Crippen LogP contribution in [0.4, 0.5) is 0 Å². The molecule has 29 heavy (non-hydrogen) atoms. The lowest BCUT2D eigenvalue weighted by atomic mass is 10.2. The number of aromatic nitrogens is 2. The van der Waals surface area contributed by atoms with Gasteiger partial charge >= 0.3 is 0 Å². The van der Waals surface area contributed by atoms with E-state index in [1.807, 2.05) is 0 Å². The summed E-state index contributed by atoms with van der Waals surface area (Å²) in [7, 11) is 3.75. The van der Waals surface area contributed by atoms with Crippen molar-refractivity contribution in [3.05, 3.63) is 90.0 Å². The second-order valence-electron chi connectivity index (χ2n) is 7.72. The number of fused-ring (bicyclic) bond motifs is 2. The van der Waals surface area contributed by atoms with E-state index in [4.69, 9.17) is 0 Å². The minimum Gasteiger partial charge on any atom is -0.343 e. The van der Waals surface area contributed by atoms with Crippen molar-refractivity contribution in [2.45, 2.75) is 13.8 Å². The van der Waals surface area contributed by atoms with Crippen LogP contribution in [0.1, 0.15) is 11.1 Å². The molecule has 2 nitrogen and oxygen atoms in total. The number of rotatable bonds is 3. The van der Waals surface area contributed by atoms with Crippen molar-refractivity contribution in [1.29, 1.82) is 0 Å². The van der Waals surface area contributed by atoms with Crippen molar-refractivity contribution < 1.29 is 0 Å². The van der Waals surface area contributed by atoms with Crippen LogP contribution in [-0.4, -0.2) is 9.13 Å². The lowest BCUT2D eigenvalue weighted by molar-refractivity contribution is 0.990. The summed E-state index contributed by atoms with van der Waals surface area (Å²) >= 11 is 0. The summed E-state index contributed by atoms with van der Waals surface area (Å²) in [4.78, 5) is 0.